The van der Waals surface area contributed by atoms with E-state index in [1.807, 2.05) is 24.7 Å². The van der Waals surface area contributed by atoms with E-state index >= 15 is 0 Å². The summed E-state index contributed by atoms with van der Waals surface area (Å²) in [6.07, 6.45) is 3.95. The number of hydrogen-bond donors (Lipinski definition) is 2. The number of thiophene rings is 1. The molecule has 0 saturated heterocycles. The highest BCUT2D eigenvalue weighted by molar-refractivity contribution is 9.11. The van der Waals surface area contributed by atoms with E-state index < -0.39 is 12.0 Å². The smallest absolute Gasteiger partial charge is 0.321 e. The Morgan fingerprint density at radius 1 is 1.68 bits per heavy atom. The molecule has 7 heteroatoms. The third-order valence-electron chi connectivity index (χ3n) is 2.73. The molecule has 0 aliphatic heterocycles. The van der Waals surface area contributed by atoms with Gasteiger partial charge in [-0.2, -0.15) is 5.10 Å². The molecule has 0 amide bonds. The molecule has 19 heavy (non-hydrogen) atoms. The molecule has 0 aliphatic rings. The molecule has 2 aromatic rings. The normalized spacial score (nSPS) is 12.5. The summed E-state index contributed by atoms with van der Waals surface area (Å²) in [6.45, 7) is 0.529. The van der Waals surface area contributed by atoms with Crippen LogP contribution in [-0.2, 0) is 24.8 Å². The molecule has 0 aromatic carbocycles. The first-order valence-corrected chi connectivity index (χ1v) is 7.39. The number of carbonyl (C=O) groups is 1. The monoisotopic (exact) mass is 343 g/mol. The molecule has 5 nitrogen and oxygen atoms in total. The molecule has 2 heterocycles. The van der Waals surface area contributed by atoms with Crippen molar-refractivity contribution < 1.29 is 9.90 Å². The summed E-state index contributed by atoms with van der Waals surface area (Å²) in [7, 11) is 1.81. The molecule has 0 saturated carbocycles. The Kier molecular flexibility index (Phi) is 4.73. The number of nitrogens with one attached hydrogen (secondary N) is 1. The first kappa shape index (κ1) is 14.2. The molecule has 1 atom stereocenters. The number of nitrogens with zero attached hydrogens (tertiary/aromatic N) is 2. The van der Waals surface area contributed by atoms with Crippen molar-refractivity contribution in [3.8, 4) is 0 Å². The number of aryl methyl sites for hydroxylation is 1. The van der Waals surface area contributed by atoms with Gasteiger partial charge in [0.1, 0.15) is 6.04 Å². The Balaban J connectivity index is 1.97. The van der Waals surface area contributed by atoms with E-state index in [9.17, 15) is 9.90 Å². The van der Waals surface area contributed by atoms with Crippen LogP contribution in [0.3, 0.4) is 0 Å². The molecule has 0 radical (unpaired) electrons. The van der Waals surface area contributed by atoms with Crippen LogP contribution in [0.25, 0.3) is 0 Å². The number of aromatic nitrogens is 2. The molecule has 0 aliphatic carbocycles. The topological polar surface area (TPSA) is 67.2 Å². The van der Waals surface area contributed by atoms with Gasteiger partial charge in [0.2, 0.25) is 0 Å². The van der Waals surface area contributed by atoms with Crippen LogP contribution in [-0.4, -0.2) is 26.9 Å². The fourth-order valence-electron chi connectivity index (χ4n) is 1.74. The van der Waals surface area contributed by atoms with E-state index in [1.165, 1.54) is 0 Å². The third kappa shape index (κ3) is 3.89. The van der Waals surface area contributed by atoms with Crippen LogP contribution >= 0.6 is 27.3 Å². The van der Waals surface area contributed by atoms with E-state index in [-0.39, 0.29) is 0 Å². The maximum absolute atomic E-state index is 11.3. The van der Waals surface area contributed by atoms with Gasteiger partial charge in [-0.05, 0) is 38.5 Å². The standard InChI is InChI=1S/C12H14BrN3O2S/c1-16-7-8(5-15-16)4-10(12(17)18)14-6-9-2-3-19-11(9)13/h2-3,5,7,10,14H,4,6H2,1H3,(H,17,18). The Hall–Kier alpha value is -1.18. The van der Waals surface area contributed by atoms with Crippen molar-refractivity contribution in [2.75, 3.05) is 0 Å². The number of rotatable bonds is 6. The van der Waals surface area contributed by atoms with Gasteiger partial charge < -0.3 is 5.11 Å². The molecule has 2 rings (SSSR count). The van der Waals surface area contributed by atoms with E-state index in [4.69, 9.17) is 0 Å². The minimum absolute atomic E-state index is 0.422. The van der Waals surface area contributed by atoms with Crippen molar-refractivity contribution >= 4 is 33.2 Å². The SMILES string of the molecule is Cn1cc(CC(NCc2ccsc2Br)C(=O)O)cn1. The van der Waals surface area contributed by atoms with Crippen molar-refractivity contribution in [1.82, 2.24) is 15.1 Å². The maximum Gasteiger partial charge on any atom is 0.321 e. The summed E-state index contributed by atoms with van der Waals surface area (Å²) in [5.41, 5.74) is 1.98. The molecule has 0 spiro atoms. The summed E-state index contributed by atoms with van der Waals surface area (Å²) in [5, 5.41) is 18.3. The number of hydrogen-bond acceptors (Lipinski definition) is 4. The molecule has 1 unspecified atom stereocenters. The predicted molar refractivity (Wildman–Crippen MR) is 77.2 cm³/mol. The quantitative estimate of drug-likeness (QED) is 0.842. The second-order valence-electron chi connectivity index (χ2n) is 4.22. The van der Waals surface area contributed by atoms with Crippen LogP contribution in [0.15, 0.2) is 27.6 Å². The zero-order chi connectivity index (χ0) is 13.8. The minimum Gasteiger partial charge on any atom is -0.480 e. The average molecular weight is 344 g/mol. The zero-order valence-corrected chi connectivity index (χ0v) is 12.7. The molecular weight excluding hydrogens is 330 g/mol. The lowest BCUT2D eigenvalue weighted by molar-refractivity contribution is -0.139. The van der Waals surface area contributed by atoms with E-state index in [0.29, 0.717) is 13.0 Å². The number of halogens is 1. The van der Waals surface area contributed by atoms with Gasteiger partial charge in [0.05, 0.1) is 9.98 Å². The fraction of sp³-hybridized carbons (Fsp3) is 0.333. The van der Waals surface area contributed by atoms with Crippen LogP contribution in [0.2, 0.25) is 0 Å². The first-order chi connectivity index (χ1) is 9.06. The van der Waals surface area contributed by atoms with Gasteiger partial charge >= 0.3 is 5.97 Å². The van der Waals surface area contributed by atoms with E-state index in [1.54, 1.807) is 22.2 Å². The lowest BCUT2D eigenvalue weighted by Gasteiger charge is -2.13. The van der Waals surface area contributed by atoms with Gasteiger partial charge in [-0.3, -0.25) is 14.8 Å². The highest BCUT2D eigenvalue weighted by atomic mass is 79.9. The van der Waals surface area contributed by atoms with Crippen molar-refractivity contribution in [3.05, 3.63) is 38.8 Å². The summed E-state index contributed by atoms with van der Waals surface area (Å²) < 4.78 is 2.70. The molecule has 102 valence electrons. The van der Waals surface area contributed by atoms with Crippen molar-refractivity contribution in [2.45, 2.75) is 19.0 Å². The van der Waals surface area contributed by atoms with Crippen LogP contribution in [0, 0.1) is 0 Å². The van der Waals surface area contributed by atoms with Gasteiger partial charge in [0.15, 0.2) is 0 Å². The van der Waals surface area contributed by atoms with Gasteiger partial charge in [-0.25, -0.2) is 0 Å². The molecular formula is C12H14BrN3O2S. The molecule has 2 aromatic heterocycles. The summed E-state index contributed by atoms with van der Waals surface area (Å²) in [4.78, 5) is 11.3. The highest BCUT2D eigenvalue weighted by Gasteiger charge is 2.18. The van der Waals surface area contributed by atoms with Crippen LogP contribution in [0.1, 0.15) is 11.1 Å². The Morgan fingerprint density at radius 3 is 3.00 bits per heavy atom. The highest BCUT2D eigenvalue weighted by Crippen LogP contribution is 2.23. The van der Waals surface area contributed by atoms with E-state index in [2.05, 4.69) is 26.3 Å². The summed E-state index contributed by atoms with van der Waals surface area (Å²) >= 11 is 5.03. The first-order valence-electron chi connectivity index (χ1n) is 5.72. The van der Waals surface area contributed by atoms with E-state index in [0.717, 1.165) is 14.9 Å². The van der Waals surface area contributed by atoms with Gasteiger partial charge in [-0.15, -0.1) is 11.3 Å². The van der Waals surface area contributed by atoms with Crippen LogP contribution < -0.4 is 5.32 Å². The zero-order valence-electron chi connectivity index (χ0n) is 10.3. The second-order valence-corrected chi connectivity index (χ2v) is 6.45. The number of aliphatic carboxylic acids is 1. The Labute approximate surface area is 123 Å². The lowest BCUT2D eigenvalue weighted by Crippen LogP contribution is -2.38. The predicted octanol–water partition coefficient (Wildman–Crippen LogP) is 2.03. The van der Waals surface area contributed by atoms with Gasteiger partial charge in [-0.1, -0.05) is 0 Å². The van der Waals surface area contributed by atoms with Crippen LogP contribution in [0.4, 0.5) is 0 Å². The minimum atomic E-state index is -0.852. The lowest BCUT2D eigenvalue weighted by atomic mass is 10.1. The molecule has 0 fully saturated rings. The van der Waals surface area contributed by atoms with Crippen molar-refractivity contribution in [3.63, 3.8) is 0 Å². The fourth-order valence-corrected chi connectivity index (χ4v) is 2.98. The summed E-state index contributed by atoms with van der Waals surface area (Å²) in [6, 6.07) is 1.36. The second kappa shape index (κ2) is 6.31. The molecule has 0 bridgehead atoms. The largest absolute Gasteiger partial charge is 0.480 e. The molecule has 2 N–H and O–H groups in total. The Bertz CT molecular complexity index is 567. The van der Waals surface area contributed by atoms with Crippen molar-refractivity contribution in [1.29, 1.82) is 0 Å². The Morgan fingerprint density at radius 2 is 2.47 bits per heavy atom. The maximum atomic E-state index is 11.3. The number of carboxylic acids is 1. The van der Waals surface area contributed by atoms with Gasteiger partial charge in [0.25, 0.3) is 0 Å². The average Bonchev–Trinajstić information content (AvgIpc) is 2.93. The van der Waals surface area contributed by atoms with Crippen molar-refractivity contribution in [2.24, 2.45) is 7.05 Å². The summed E-state index contributed by atoms with van der Waals surface area (Å²) in [5.74, 6) is -0.852. The van der Waals surface area contributed by atoms with Crippen LogP contribution in [0.5, 0.6) is 0 Å². The number of carboxylic acid groups (broad SMARTS) is 1. The third-order valence-corrected chi connectivity index (χ3v) is 4.54. The van der Waals surface area contributed by atoms with Gasteiger partial charge in [0, 0.05) is 26.2 Å².